The Kier molecular flexibility index (Phi) is 7.47. The average molecular weight is 377 g/mol. The van der Waals surface area contributed by atoms with E-state index in [9.17, 15) is 9.59 Å². The van der Waals surface area contributed by atoms with Crippen LogP contribution < -0.4 is 14.8 Å². The second kappa shape index (κ2) is 9.82. The Morgan fingerprint density at radius 2 is 1.88 bits per heavy atom. The minimum atomic E-state index is -0.375. The number of hydrogen-bond donors (Lipinski definition) is 1. The molecule has 1 unspecified atom stereocenters. The number of nitrogens with one attached hydrogen (secondary N) is 1. The lowest BCUT2D eigenvalue weighted by molar-refractivity contribution is -0.141. The molecule has 2 aromatic rings. The zero-order valence-electron chi connectivity index (χ0n) is 15.1. The Hall–Kier alpha value is -2.54. The van der Waals surface area contributed by atoms with E-state index in [-0.39, 0.29) is 24.3 Å². The first-order valence-corrected chi connectivity index (χ1v) is 9.05. The summed E-state index contributed by atoms with van der Waals surface area (Å²) in [5, 5.41) is 4.83. The quantitative estimate of drug-likeness (QED) is 0.680. The van der Waals surface area contributed by atoms with Crippen molar-refractivity contribution in [3.63, 3.8) is 0 Å². The van der Waals surface area contributed by atoms with Gasteiger partial charge in [-0.25, -0.2) is 0 Å². The van der Waals surface area contributed by atoms with Gasteiger partial charge in [-0.15, -0.1) is 11.3 Å². The normalized spacial score (nSPS) is 11.5. The molecule has 7 heteroatoms. The standard InChI is InChI=1S/C19H23NO5S/c1-23-15-8-6-13(11-16(15)24-2)7-9-18(21)20-14(12-19(22)25-3)17-5-4-10-26-17/h4-6,8,10-11,14H,7,9,12H2,1-3H3,(H,20,21). The highest BCUT2D eigenvalue weighted by molar-refractivity contribution is 7.10. The molecule has 0 aliphatic carbocycles. The van der Waals surface area contributed by atoms with Crippen LogP contribution in [0.25, 0.3) is 0 Å². The van der Waals surface area contributed by atoms with E-state index in [1.807, 2.05) is 35.7 Å². The van der Waals surface area contributed by atoms with E-state index in [1.54, 1.807) is 14.2 Å². The lowest BCUT2D eigenvalue weighted by atomic mass is 10.1. The van der Waals surface area contributed by atoms with Crippen molar-refractivity contribution in [3.05, 3.63) is 46.2 Å². The van der Waals surface area contributed by atoms with Gasteiger partial charge < -0.3 is 19.5 Å². The molecule has 0 fully saturated rings. The molecule has 1 atom stereocenters. The molecule has 0 spiro atoms. The predicted octanol–water partition coefficient (Wildman–Crippen LogP) is 3.12. The maximum atomic E-state index is 12.4. The molecule has 1 amide bonds. The summed E-state index contributed by atoms with van der Waals surface area (Å²) in [5.74, 6) is 0.801. The maximum Gasteiger partial charge on any atom is 0.307 e. The minimum absolute atomic E-state index is 0.110. The van der Waals surface area contributed by atoms with E-state index in [0.717, 1.165) is 10.4 Å². The molecule has 0 saturated carbocycles. The Balaban J connectivity index is 1.96. The second-order valence-corrected chi connectivity index (χ2v) is 6.58. The van der Waals surface area contributed by atoms with Crippen LogP contribution in [0.5, 0.6) is 11.5 Å². The fourth-order valence-corrected chi connectivity index (χ4v) is 3.30. The van der Waals surface area contributed by atoms with Crippen molar-refractivity contribution in [3.8, 4) is 11.5 Å². The third-order valence-corrected chi connectivity index (χ3v) is 4.89. The summed E-state index contributed by atoms with van der Waals surface area (Å²) in [6.45, 7) is 0. The summed E-state index contributed by atoms with van der Waals surface area (Å²) < 4.78 is 15.2. The Bertz CT molecular complexity index is 730. The smallest absolute Gasteiger partial charge is 0.307 e. The van der Waals surface area contributed by atoms with Crippen LogP contribution in [0.4, 0.5) is 0 Å². The van der Waals surface area contributed by atoms with Crippen molar-refractivity contribution in [1.29, 1.82) is 0 Å². The number of hydrogen-bond acceptors (Lipinski definition) is 6. The number of carbonyl (C=O) groups is 2. The molecule has 1 aromatic carbocycles. The molecule has 26 heavy (non-hydrogen) atoms. The van der Waals surface area contributed by atoms with Crippen molar-refractivity contribution < 1.29 is 23.8 Å². The topological polar surface area (TPSA) is 73.9 Å². The van der Waals surface area contributed by atoms with Crippen LogP contribution in [0.3, 0.4) is 0 Å². The molecular weight excluding hydrogens is 354 g/mol. The Morgan fingerprint density at radius 1 is 1.12 bits per heavy atom. The highest BCUT2D eigenvalue weighted by atomic mass is 32.1. The molecule has 0 saturated heterocycles. The van der Waals surface area contributed by atoms with Crippen LogP contribution in [0.1, 0.15) is 29.3 Å². The van der Waals surface area contributed by atoms with Gasteiger partial charge in [0.05, 0.1) is 33.8 Å². The molecule has 1 heterocycles. The fraction of sp³-hybridized carbons (Fsp3) is 0.368. The second-order valence-electron chi connectivity index (χ2n) is 5.61. The largest absolute Gasteiger partial charge is 0.493 e. The summed E-state index contributed by atoms with van der Waals surface area (Å²) in [5.41, 5.74) is 0.971. The lowest BCUT2D eigenvalue weighted by Crippen LogP contribution is -2.30. The monoisotopic (exact) mass is 377 g/mol. The molecule has 140 valence electrons. The number of amides is 1. The zero-order valence-corrected chi connectivity index (χ0v) is 15.9. The molecule has 2 rings (SSSR count). The zero-order chi connectivity index (χ0) is 18.9. The number of methoxy groups -OCH3 is 3. The molecule has 0 aliphatic heterocycles. The van der Waals surface area contributed by atoms with E-state index in [2.05, 4.69) is 5.32 Å². The van der Waals surface area contributed by atoms with Gasteiger partial charge in [0.1, 0.15) is 0 Å². The average Bonchev–Trinajstić information content (AvgIpc) is 3.20. The van der Waals surface area contributed by atoms with Crippen molar-refractivity contribution in [1.82, 2.24) is 5.32 Å². The van der Waals surface area contributed by atoms with Gasteiger partial charge in [0.25, 0.3) is 0 Å². The molecule has 1 aromatic heterocycles. The SMILES string of the molecule is COC(=O)CC(NC(=O)CCc1ccc(OC)c(OC)c1)c1cccs1. The first-order valence-electron chi connectivity index (χ1n) is 8.17. The van der Waals surface area contributed by atoms with Gasteiger partial charge in [0.2, 0.25) is 5.91 Å². The number of carbonyl (C=O) groups excluding carboxylic acids is 2. The third kappa shape index (κ3) is 5.49. The first kappa shape index (κ1) is 19.8. The number of ether oxygens (including phenoxy) is 3. The van der Waals surface area contributed by atoms with Crippen molar-refractivity contribution >= 4 is 23.2 Å². The minimum Gasteiger partial charge on any atom is -0.493 e. The molecule has 0 radical (unpaired) electrons. The predicted molar refractivity (Wildman–Crippen MR) is 99.7 cm³/mol. The van der Waals surface area contributed by atoms with Crippen LogP contribution in [0.2, 0.25) is 0 Å². The van der Waals surface area contributed by atoms with Crippen molar-refractivity contribution in [2.45, 2.75) is 25.3 Å². The highest BCUT2D eigenvalue weighted by Gasteiger charge is 2.19. The Morgan fingerprint density at radius 3 is 2.50 bits per heavy atom. The summed E-state index contributed by atoms with van der Waals surface area (Å²) in [6, 6.07) is 8.99. The van der Waals surface area contributed by atoms with Gasteiger partial charge in [0, 0.05) is 11.3 Å². The first-order chi connectivity index (χ1) is 12.6. The van der Waals surface area contributed by atoms with Gasteiger partial charge in [-0.1, -0.05) is 12.1 Å². The van der Waals surface area contributed by atoms with Crippen molar-refractivity contribution in [2.24, 2.45) is 0 Å². The maximum absolute atomic E-state index is 12.4. The summed E-state index contributed by atoms with van der Waals surface area (Å²) in [7, 11) is 4.50. The summed E-state index contributed by atoms with van der Waals surface area (Å²) in [6.07, 6.45) is 0.971. The molecular formula is C19H23NO5S. The number of esters is 1. The molecule has 6 nitrogen and oxygen atoms in total. The van der Waals surface area contributed by atoms with E-state index in [0.29, 0.717) is 24.3 Å². The van der Waals surface area contributed by atoms with E-state index in [1.165, 1.54) is 18.4 Å². The molecule has 1 N–H and O–H groups in total. The van der Waals surface area contributed by atoms with Crippen molar-refractivity contribution in [2.75, 3.05) is 21.3 Å². The molecule has 0 aliphatic rings. The number of rotatable bonds is 9. The van der Waals surface area contributed by atoms with E-state index < -0.39 is 0 Å². The van der Waals surface area contributed by atoms with Gasteiger partial charge in [-0.2, -0.15) is 0 Å². The van der Waals surface area contributed by atoms with Gasteiger partial charge in [0.15, 0.2) is 11.5 Å². The number of benzene rings is 1. The lowest BCUT2D eigenvalue weighted by Gasteiger charge is -2.16. The summed E-state index contributed by atoms with van der Waals surface area (Å²) in [4.78, 5) is 24.9. The number of aryl methyl sites for hydroxylation is 1. The number of thiophene rings is 1. The van der Waals surface area contributed by atoms with Crippen LogP contribution in [-0.4, -0.2) is 33.2 Å². The van der Waals surface area contributed by atoms with E-state index in [4.69, 9.17) is 14.2 Å². The van der Waals surface area contributed by atoms with Gasteiger partial charge >= 0.3 is 5.97 Å². The summed E-state index contributed by atoms with van der Waals surface area (Å²) >= 11 is 1.50. The highest BCUT2D eigenvalue weighted by Crippen LogP contribution is 2.28. The van der Waals surface area contributed by atoms with Crippen LogP contribution in [0.15, 0.2) is 35.7 Å². The van der Waals surface area contributed by atoms with Crippen LogP contribution >= 0.6 is 11.3 Å². The third-order valence-electron chi connectivity index (χ3n) is 3.91. The van der Waals surface area contributed by atoms with Crippen LogP contribution in [-0.2, 0) is 20.7 Å². The molecule has 0 bridgehead atoms. The van der Waals surface area contributed by atoms with Crippen LogP contribution in [0, 0.1) is 0 Å². The Labute approximate surface area is 157 Å². The van der Waals surface area contributed by atoms with Gasteiger partial charge in [-0.05, 0) is 35.6 Å². The van der Waals surface area contributed by atoms with E-state index >= 15 is 0 Å². The fourth-order valence-electron chi connectivity index (χ4n) is 2.52. The van der Waals surface area contributed by atoms with Gasteiger partial charge in [-0.3, -0.25) is 9.59 Å².